The van der Waals surface area contributed by atoms with Crippen LogP contribution in [0.25, 0.3) is 0 Å². The molecule has 0 bridgehead atoms. The normalized spacial score (nSPS) is 11.0. The standard InChI is InChI=1S/C23H47N/c1-23(2)21-19-17-15-13-11-9-7-5-3-4-6-8-10-12-14-16-18-20-22-24/h21H,3-20,22,24H2,1-2H3. The maximum Gasteiger partial charge on any atom is -0.00773 e. The highest BCUT2D eigenvalue weighted by molar-refractivity contribution is 4.92. The third-order valence-corrected chi connectivity index (χ3v) is 4.96. The van der Waals surface area contributed by atoms with Crippen LogP contribution in [0.5, 0.6) is 0 Å². The van der Waals surface area contributed by atoms with Crippen molar-refractivity contribution in [2.45, 2.75) is 129 Å². The summed E-state index contributed by atoms with van der Waals surface area (Å²) >= 11 is 0. The van der Waals surface area contributed by atoms with Crippen molar-refractivity contribution < 1.29 is 0 Å². The number of unbranched alkanes of at least 4 members (excludes halogenated alkanes) is 17. The van der Waals surface area contributed by atoms with Gasteiger partial charge in [0.05, 0.1) is 0 Å². The molecule has 0 rings (SSSR count). The van der Waals surface area contributed by atoms with Gasteiger partial charge in [-0.15, -0.1) is 0 Å². The monoisotopic (exact) mass is 337 g/mol. The van der Waals surface area contributed by atoms with Gasteiger partial charge in [-0.05, 0) is 39.7 Å². The lowest BCUT2D eigenvalue weighted by Gasteiger charge is -2.03. The van der Waals surface area contributed by atoms with Crippen LogP contribution in [0.3, 0.4) is 0 Å². The van der Waals surface area contributed by atoms with Gasteiger partial charge in [-0.2, -0.15) is 0 Å². The molecule has 0 aliphatic carbocycles. The second-order valence-electron chi connectivity index (χ2n) is 7.87. The van der Waals surface area contributed by atoms with Crippen LogP contribution in [0.2, 0.25) is 0 Å². The first-order chi connectivity index (χ1) is 11.8. The average molecular weight is 338 g/mol. The molecule has 0 saturated heterocycles. The molecule has 0 aliphatic rings. The summed E-state index contributed by atoms with van der Waals surface area (Å²) in [5.41, 5.74) is 6.98. The van der Waals surface area contributed by atoms with E-state index in [2.05, 4.69) is 19.9 Å². The molecule has 0 aromatic carbocycles. The molecule has 2 N–H and O–H groups in total. The predicted octanol–water partition coefficient (Wildman–Crippen LogP) is 7.93. The molecule has 0 heterocycles. The van der Waals surface area contributed by atoms with Gasteiger partial charge in [0.2, 0.25) is 0 Å². The lowest BCUT2D eigenvalue weighted by Crippen LogP contribution is -1.97. The zero-order valence-electron chi connectivity index (χ0n) is 17.1. The number of nitrogens with two attached hydrogens (primary N) is 1. The fourth-order valence-electron chi connectivity index (χ4n) is 3.33. The molecule has 0 aromatic rings. The van der Waals surface area contributed by atoms with Gasteiger partial charge in [-0.25, -0.2) is 0 Å². The summed E-state index contributed by atoms with van der Waals surface area (Å²) in [4.78, 5) is 0. The highest BCUT2D eigenvalue weighted by Crippen LogP contribution is 2.14. The van der Waals surface area contributed by atoms with Crippen molar-refractivity contribution in [1.29, 1.82) is 0 Å². The van der Waals surface area contributed by atoms with Crippen LogP contribution >= 0.6 is 0 Å². The zero-order valence-corrected chi connectivity index (χ0v) is 17.1. The van der Waals surface area contributed by atoms with Crippen molar-refractivity contribution in [3.8, 4) is 0 Å². The lowest BCUT2D eigenvalue weighted by molar-refractivity contribution is 0.526. The van der Waals surface area contributed by atoms with Crippen LogP contribution < -0.4 is 5.73 Å². The predicted molar refractivity (Wildman–Crippen MR) is 112 cm³/mol. The Kier molecular flexibility index (Phi) is 20.5. The molecule has 144 valence electrons. The molecule has 0 aliphatic heterocycles. The number of hydrogen-bond donors (Lipinski definition) is 1. The van der Waals surface area contributed by atoms with Gasteiger partial charge in [0.15, 0.2) is 0 Å². The first-order valence-electron chi connectivity index (χ1n) is 11.1. The van der Waals surface area contributed by atoms with E-state index in [1.54, 1.807) is 0 Å². The summed E-state index contributed by atoms with van der Waals surface area (Å²) in [7, 11) is 0. The van der Waals surface area contributed by atoms with E-state index >= 15 is 0 Å². The molecular formula is C23H47N. The second-order valence-corrected chi connectivity index (χ2v) is 7.87. The van der Waals surface area contributed by atoms with Crippen LogP contribution in [0.1, 0.15) is 129 Å². The SMILES string of the molecule is CC(C)=CCCCCCCCCCCCCCCCCCCCN. The van der Waals surface area contributed by atoms with Gasteiger partial charge in [0.1, 0.15) is 0 Å². The van der Waals surface area contributed by atoms with Crippen molar-refractivity contribution in [3.05, 3.63) is 11.6 Å². The van der Waals surface area contributed by atoms with E-state index in [0.29, 0.717) is 0 Å². The maximum absolute atomic E-state index is 5.51. The summed E-state index contributed by atoms with van der Waals surface area (Å²) in [5.74, 6) is 0. The topological polar surface area (TPSA) is 26.0 Å². The Morgan fingerprint density at radius 3 is 1.08 bits per heavy atom. The van der Waals surface area contributed by atoms with E-state index in [9.17, 15) is 0 Å². The molecule has 0 saturated carbocycles. The largest absolute Gasteiger partial charge is 0.330 e. The molecule has 0 aromatic heterocycles. The van der Waals surface area contributed by atoms with Gasteiger partial charge in [-0.3, -0.25) is 0 Å². The van der Waals surface area contributed by atoms with E-state index < -0.39 is 0 Å². The second kappa shape index (κ2) is 20.7. The summed E-state index contributed by atoms with van der Waals surface area (Å²) in [6.07, 6.45) is 27.9. The van der Waals surface area contributed by atoms with Gasteiger partial charge >= 0.3 is 0 Å². The van der Waals surface area contributed by atoms with Crippen molar-refractivity contribution in [1.82, 2.24) is 0 Å². The molecule has 1 nitrogen and oxygen atoms in total. The minimum absolute atomic E-state index is 0.871. The van der Waals surface area contributed by atoms with Crippen LogP contribution in [-0.4, -0.2) is 6.54 Å². The minimum Gasteiger partial charge on any atom is -0.330 e. The third-order valence-electron chi connectivity index (χ3n) is 4.96. The molecule has 0 unspecified atom stereocenters. The highest BCUT2D eigenvalue weighted by Gasteiger charge is 1.94. The van der Waals surface area contributed by atoms with E-state index in [1.807, 2.05) is 0 Å². The van der Waals surface area contributed by atoms with Gasteiger partial charge in [0, 0.05) is 0 Å². The third kappa shape index (κ3) is 21.7. The van der Waals surface area contributed by atoms with Crippen LogP contribution in [-0.2, 0) is 0 Å². The van der Waals surface area contributed by atoms with E-state index in [1.165, 1.54) is 121 Å². The molecular weight excluding hydrogens is 290 g/mol. The van der Waals surface area contributed by atoms with E-state index in [0.717, 1.165) is 6.54 Å². The quantitative estimate of drug-likeness (QED) is 0.188. The maximum atomic E-state index is 5.51. The Morgan fingerprint density at radius 1 is 0.500 bits per heavy atom. The highest BCUT2D eigenvalue weighted by atomic mass is 14.5. The first-order valence-corrected chi connectivity index (χ1v) is 11.1. The van der Waals surface area contributed by atoms with Gasteiger partial charge < -0.3 is 5.73 Å². The molecule has 1 heteroatoms. The van der Waals surface area contributed by atoms with Crippen LogP contribution in [0.15, 0.2) is 11.6 Å². The van der Waals surface area contributed by atoms with Gasteiger partial charge in [0.25, 0.3) is 0 Å². The Labute approximate surface area is 153 Å². The molecule has 0 spiro atoms. The Bertz CT molecular complexity index is 253. The Balaban J connectivity index is 2.99. The molecule has 0 radical (unpaired) electrons. The van der Waals surface area contributed by atoms with Crippen LogP contribution in [0.4, 0.5) is 0 Å². The average Bonchev–Trinajstić information content (AvgIpc) is 2.56. The minimum atomic E-state index is 0.871. The molecule has 0 fully saturated rings. The van der Waals surface area contributed by atoms with Crippen molar-refractivity contribution in [3.63, 3.8) is 0 Å². The smallest absolute Gasteiger partial charge is 0.00773 e. The van der Waals surface area contributed by atoms with Crippen molar-refractivity contribution >= 4 is 0 Å². The summed E-state index contributed by atoms with van der Waals surface area (Å²) in [5, 5.41) is 0. The van der Waals surface area contributed by atoms with Gasteiger partial charge in [-0.1, -0.05) is 108 Å². The lowest BCUT2D eigenvalue weighted by atomic mass is 10.0. The summed E-state index contributed by atoms with van der Waals surface area (Å²) in [6, 6.07) is 0. The molecule has 0 atom stereocenters. The van der Waals surface area contributed by atoms with Crippen molar-refractivity contribution in [2.75, 3.05) is 6.54 Å². The van der Waals surface area contributed by atoms with Crippen LogP contribution in [0, 0.1) is 0 Å². The zero-order chi connectivity index (χ0) is 17.7. The number of hydrogen-bond acceptors (Lipinski definition) is 1. The molecule has 24 heavy (non-hydrogen) atoms. The number of rotatable bonds is 19. The summed E-state index contributed by atoms with van der Waals surface area (Å²) < 4.78 is 0. The fraction of sp³-hybridized carbons (Fsp3) is 0.913. The summed E-state index contributed by atoms with van der Waals surface area (Å²) in [6.45, 7) is 5.27. The first kappa shape index (κ1) is 23.7. The van der Waals surface area contributed by atoms with E-state index in [4.69, 9.17) is 5.73 Å². The number of allylic oxidation sites excluding steroid dienone is 2. The van der Waals surface area contributed by atoms with E-state index in [-0.39, 0.29) is 0 Å². The van der Waals surface area contributed by atoms with Crippen molar-refractivity contribution in [2.24, 2.45) is 5.73 Å². The Hall–Kier alpha value is -0.300. The molecule has 0 amide bonds. The Morgan fingerprint density at radius 2 is 0.792 bits per heavy atom. The fourth-order valence-corrected chi connectivity index (χ4v) is 3.33.